The fourth-order valence-electron chi connectivity index (χ4n) is 2.52. The van der Waals surface area contributed by atoms with Crippen LogP contribution in [-0.4, -0.2) is 16.2 Å². The van der Waals surface area contributed by atoms with Gasteiger partial charge in [0.05, 0.1) is 6.10 Å². The summed E-state index contributed by atoms with van der Waals surface area (Å²) in [5.41, 5.74) is 8.13. The van der Waals surface area contributed by atoms with E-state index in [9.17, 15) is 5.11 Å². The Morgan fingerprint density at radius 2 is 2.33 bits per heavy atom. The minimum atomic E-state index is -0.185. The van der Waals surface area contributed by atoms with Crippen LogP contribution in [0.5, 0.6) is 0 Å². The lowest BCUT2D eigenvalue weighted by Crippen LogP contribution is -2.21. The number of aliphatic hydroxyl groups excluding tert-OH is 1. The van der Waals surface area contributed by atoms with E-state index in [0.29, 0.717) is 5.82 Å². The molecule has 0 aromatic carbocycles. The molecule has 2 atom stereocenters. The summed E-state index contributed by atoms with van der Waals surface area (Å²) in [7, 11) is 0. The molecule has 1 aromatic heterocycles. The van der Waals surface area contributed by atoms with Crippen LogP contribution in [0, 0.1) is 6.92 Å². The summed E-state index contributed by atoms with van der Waals surface area (Å²) in [6.45, 7) is 4.18. The fourth-order valence-corrected chi connectivity index (χ4v) is 2.52. The molecule has 0 spiro atoms. The third-order valence-corrected chi connectivity index (χ3v) is 3.42. The van der Waals surface area contributed by atoms with Gasteiger partial charge in [-0.3, -0.25) is 0 Å². The molecular weight excluding hydrogens is 188 g/mol. The van der Waals surface area contributed by atoms with E-state index < -0.39 is 0 Å². The summed E-state index contributed by atoms with van der Waals surface area (Å²) in [5, 5.41) is 9.63. The smallest absolute Gasteiger partial charge is 0.127 e. The van der Waals surface area contributed by atoms with Gasteiger partial charge in [0.1, 0.15) is 5.82 Å². The molecular formula is C12H18N2O. The maximum Gasteiger partial charge on any atom is 0.127 e. The van der Waals surface area contributed by atoms with E-state index in [0.717, 1.165) is 30.4 Å². The van der Waals surface area contributed by atoms with Crippen molar-refractivity contribution in [1.82, 2.24) is 4.98 Å². The molecule has 0 aliphatic heterocycles. The summed E-state index contributed by atoms with van der Waals surface area (Å²) in [6, 6.07) is 2.10. The molecule has 1 aromatic rings. The molecule has 2 unspecified atom stereocenters. The Kier molecular flexibility index (Phi) is 2.43. The number of aliphatic hydroxyl groups is 1. The van der Waals surface area contributed by atoms with Crippen LogP contribution in [0.4, 0.5) is 5.82 Å². The van der Waals surface area contributed by atoms with Gasteiger partial charge in [-0.05, 0) is 37.2 Å². The second-order valence-electron chi connectivity index (χ2n) is 4.90. The zero-order valence-electron chi connectivity index (χ0n) is 9.33. The van der Waals surface area contributed by atoms with Gasteiger partial charge in [0.15, 0.2) is 0 Å². The Morgan fingerprint density at radius 3 is 2.93 bits per heavy atom. The molecule has 0 bridgehead atoms. The first-order valence-corrected chi connectivity index (χ1v) is 5.42. The van der Waals surface area contributed by atoms with Crippen LogP contribution < -0.4 is 5.73 Å². The second-order valence-corrected chi connectivity index (χ2v) is 4.90. The Balaban J connectivity index is 2.40. The lowest BCUT2D eigenvalue weighted by molar-refractivity contribution is 0.175. The minimum Gasteiger partial charge on any atom is -0.393 e. The Labute approximate surface area is 90.3 Å². The SMILES string of the molecule is Cc1cnc(N)c(C2(C)CCC(O)C2)c1. The molecule has 1 aliphatic rings. The number of pyridine rings is 1. The molecule has 1 aliphatic carbocycles. The van der Waals surface area contributed by atoms with Crippen LogP contribution in [0.15, 0.2) is 12.3 Å². The van der Waals surface area contributed by atoms with Gasteiger partial charge in [0.2, 0.25) is 0 Å². The first kappa shape index (κ1) is 10.4. The summed E-state index contributed by atoms with van der Waals surface area (Å²) >= 11 is 0. The molecule has 1 saturated carbocycles. The molecule has 15 heavy (non-hydrogen) atoms. The van der Waals surface area contributed by atoms with Crippen molar-refractivity contribution in [2.24, 2.45) is 0 Å². The molecule has 1 fully saturated rings. The van der Waals surface area contributed by atoms with Gasteiger partial charge in [-0.2, -0.15) is 0 Å². The van der Waals surface area contributed by atoms with E-state index in [-0.39, 0.29) is 11.5 Å². The highest BCUT2D eigenvalue weighted by Crippen LogP contribution is 2.42. The van der Waals surface area contributed by atoms with Crippen LogP contribution in [0.2, 0.25) is 0 Å². The molecule has 0 radical (unpaired) electrons. The number of hydrogen-bond acceptors (Lipinski definition) is 3. The average Bonchev–Trinajstić information content (AvgIpc) is 2.52. The second kappa shape index (κ2) is 3.49. The summed E-state index contributed by atoms with van der Waals surface area (Å²) < 4.78 is 0. The number of aromatic nitrogens is 1. The maximum atomic E-state index is 9.63. The van der Waals surface area contributed by atoms with Gasteiger partial charge in [-0.15, -0.1) is 0 Å². The third-order valence-electron chi connectivity index (χ3n) is 3.42. The Morgan fingerprint density at radius 1 is 1.60 bits per heavy atom. The van der Waals surface area contributed by atoms with E-state index in [4.69, 9.17) is 5.73 Å². The van der Waals surface area contributed by atoms with Crippen LogP contribution in [0.25, 0.3) is 0 Å². The number of aryl methyl sites for hydroxylation is 1. The molecule has 82 valence electrons. The summed E-state index contributed by atoms with van der Waals surface area (Å²) in [6.07, 6.45) is 4.25. The largest absolute Gasteiger partial charge is 0.393 e. The summed E-state index contributed by atoms with van der Waals surface area (Å²) in [4.78, 5) is 4.19. The highest BCUT2D eigenvalue weighted by molar-refractivity contribution is 5.46. The molecule has 3 N–H and O–H groups in total. The van der Waals surface area contributed by atoms with Gasteiger partial charge in [0, 0.05) is 11.8 Å². The zero-order chi connectivity index (χ0) is 11.1. The number of hydrogen-bond donors (Lipinski definition) is 2. The molecule has 3 nitrogen and oxygen atoms in total. The van der Waals surface area contributed by atoms with E-state index in [1.807, 2.05) is 6.92 Å². The van der Waals surface area contributed by atoms with Gasteiger partial charge < -0.3 is 10.8 Å². The number of nitrogens with two attached hydrogens (primary N) is 1. The van der Waals surface area contributed by atoms with Crippen molar-refractivity contribution >= 4 is 5.82 Å². The van der Waals surface area contributed by atoms with Gasteiger partial charge in [-0.1, -0.05) is 13.0 Å². The van der Waals surface area contributed by atoms with Crippen molar-refractivity contribution < 1.29 is 5.11 Å². The highest BCUT2D eigenvalue weighted by Gasteiger charge is 2.37. The quantitative estimate of drug-likeness (QED) is 0.736. The number of nitrogens with zero attached hydrogens (tertiary/aromatic N) is 1. The van der Waals surface area contributed by atoms with Crippen molar-refractivity contribution in [3.05, 3.63) is 23.4 Å². The standard InChI is InChI=1S/C12H18N2O/c1-8-5-10(11(13)14-7-8)12(2)4-3-9(15)6-12/h5,7,9,15H,3-4,6H2,1-2H3,(H2,13,14). The summed E-state index contributed by atoms with van der Waals surface area (Å²) in [5.74, 6) is 0.609. The highest BCUT2D eigenvalue weighted by atomic mass is 16.3. The third kappa shape index (κ3) is 1.84. The van der Waals surface area contributed by atoms with Gasteiger partial charge >= 0.3 is 0 Å². The van der Waals surface area contributed by atoms with Crippen LogP contribution in [0.1, 0.15) is 37.3 Å². The predicted octanol–water partition coefficient (Wildman–Crippen LogP) is 1.77. The Hall–Kier alpha value is -1.09. The van der Waals surface area contributed by atoms with Crippen LogP contribution >= 0.6 is 0 Å². The average molecular weight is 206 g/mol. The topological polar surface area (TPSA) is 59.1 Å². The van der Waals surface area contributed by atoms with Gasteiger partial charge in [-0.25, -0.2) is 4.98 Å². The normalized spacial score (nSPS) is 30.7. The van der Waals surface area contributed by atoms with Crippen molar-refractivity contribution in [3.8, 4) is 0 Å². The molecule has 1 heterocycles. The van der Waals surface area contributed by atoms with Crippen LogP contribution in [-0.2, 0) is 5.41 Å². The zero-order valence-corrected chi connectivity index (χ0v) is 9.33. The number of nitrogen functional groups attached to an aromatic ring is 1. The van der Waals surface area contributed by atoms with E-state index in [1.54, 1.807) is 6.20 Å². The first-order valence-electron chi connectivity index (χ1n) is 5.42. The first-order chi connectivity index (χ1) is 7.01. The Bertz CT molecular complexity index is 378. The maximum absolute atomic E-state index is 9.63. The lowest BCUT2D eigenvalue weighted by atomic mass is 9.80. The molecule has 0 amide bonds. The lowest BCUT2D eigenvalue weighted by Gasteiger charge is -2.25. The van der Waals surface area contributed by atoms with E-state index in [2.05, 4.69) is 18.0 Å². The van der Waals surface area contributed by atoms with E-state index in [1.165, 1.54) is 0 Å². The van der Waals surface area contributed by atoms with Crippen molar-refractivity contribution in [1.29, 1.82) is 0 Å². The molecule has 0 saturated heterocycles. The van der Waals surface area contributed by atoms with Crippen LogP contribution in [0.3, 0.4) is 0 Å². The van der Waals surface area contributed by atoms with E-state index >= 15 is 0 Å². The number of anilines is 1. The molecule has 3 heteroatoms. The van der Waals surface area contributed by atoms with Crippen molar-refractivity contribution in [2.75, 3.05) is 5.73 Å². The minimum absolute atomic E-state index is 0.00250. The van der Waals surface area contributed by atoms with Crippen molar-refractivity contribution in [3.63, 3.8) is 0 Å². The molecule has 2 rings (SSSR count). The monoisotopic (exact) mass is 206 g/mol. The number of rotatable bonds is 1. The fraction of sp³-hybridized carbons (Fsp3) is 0.583. The van der Waals surface area contributed by atoms with Gasteiger partial charge in [0.25, 0.3) is 0 Å². The predicted molar refractivity (Wildman–Crippen MR) is 60.6 cm³/mol. The van der Waals surface area contributed by atoms with Crippen molar-refractivity contribution in [2.45, 2.75) is 44.6 Å².